The van der Waals surface area contributed by atoms with Gasteiger partial charge in [-0.1, -0.05) is 17.7 Å². The number of primary amides is 1. The summed E-state index contributed by atoms with van der Waals surface area (Å²) in [6.45, 7) is 0.959. The fourth-order valence-electron chi connectivity index (χ4n) is 2.23. The molecular weight excluding hydrogens is 280 g/mol. The van der Waals surface area contributed by atoms with Gasteiger partial charge in [0.05, 0.1) is 5.92 Å². The molecule has 1 aromatic rings. The number of ether oxygens (including phenoxy) is 1. The third kappa shape index (κ3) is 3.87. The van der Waals surface area contributed by atoms with E-state index in [1.807, 2.05) is 0 Å². The van der Waals surface area contributed by atoms with Crippen LogP contribution in [0.25, 0.3) is 0 Å². The Hall–Kier alpha value is -1.75. The molecule has 108 valence electrons. The average molecular weight is 297 g/mol. The number of hydrogen-bond donors (Lipinski definition) is 1. The normalized spacial score (nSPS) is 18.6. The lowest BCUT2D eigenvalue weighted by molar-refractivity contribution is -0.136. The van der Waals surface area contributed by atoms with Gasteiger partial charge in [0.25, 0.3) is 5.91 Å². The van der Waals surface area contributed by atoms with Gasteiger partial charge in [0, 0.05) is 18.1 Å². The van der Waals surface area contributed by atoms with Gasteiger partial charge in [-0.3, -0.25) is 9.59 Å². The lowest BCUT2D eigenvalue weighted by atomic mass is 9.97. The number of nitrogens with two attached hydrogens (primary N) is 1. The van der Waals surface area contributed by atoms with Crippen LogP contribution in [0.4, 0.5) is 0 Å². The maximum atomic E-state index is 12.0. The fraction of sp³-hybridized carbons (Fsp3) is 0.429. The maximum absolute atomic E-state index is 12.0. The van der Waals surface area contributed by atoms with Gasteiger partial charge < -0.3 is 15.4 Å². The summed E-state index contributed by atoms with van der Waals surface area (Å²) in [6.07, 6.45) is 1.53. The molecule has 6 heteroatoms. The molecule has 0 aliphatic carbocycles. The summed E-state index contributed by atoms with van der Waals surface area (Å²) in [7, 11) is 0. The van der Waals surface area contributed by atoms with Crippen LogP contribution >= 0.6 is 11.6 Å². The summed E-state index contributed by atoms with van der Waals surface area (Å²) in [5.41, 5.74) is 5.29. The van der Waals surface area contributed by atoms with E-state index in [-0.39, 0.29) is 24.3 Å². The molecule has 2 rings (SSSR count). The SMILES string of the molecule is NC(=O)[C@@H]1CCCN(C(=O)COc2cccc(Cl)c2)C1. The molecule has 0 aromatic heterocycles. The van der Waals surface area contributed by atoms with E-state index >= 15 is 0 Å². The van der Waals surface area contributed by atoms with Gasteiger partial charge >= 0.3 is 0 Å². The van der Waals surface area contributed by atoms with E-state index in [4.69, 9.17) is 22.1 Å². The van der Waals surface area contributed by atoms with Crippen LogP contribution in [0.3, 0.4) is 0 Å². The van der Waals surface area contributed by atoms with Gasteiger partial charge in [-0.05, 0) is 31.0 Å². The van der Waals surface area contributed by atoms with Gasteiger partial charge in [0.1, 0.15) is 5.75 Å². The van der Waals surface area contributed by atoms with Crippen molar-refractivity contribution in [1.29, 1.82) is 0 Å². The highest BCUT2D eigenvalue weighted by Crippen LogP contribution is 2.18. The van der Waals surface area contributed by atoms with Crippen LogP contribution in [0, 0.1) is 5.92 Å². The van der Waals surface area contributed by atoms with Crippen molar-refractivity contribution in [2.24, 2.45) is 11.7 Å². The van der Waals surface area contributed by atoms with E-state index in [0.29, 0.717) is 23.9 Å². The molecule has 1 atom stereocenters. The minimum Gasteiger partial charge on any atom is -0.484 e. The zero-order chi connectivity index (χ0) is 14.5. The first-order valence-electron chi connectivity index (χ1n) is 6.51. The van der Waals surface area contributed by atoms with Crippen LogP contribution in [0.1, 0.15) is 12.8 Å². The molecular formula is C14H17ClN2O3. The van der Waals surface area contributed by atoms with Gasteiger partial charge in [0.15, 0.2) is 6.61 Å². The highest BCUT2D eigenvalue weighted by molar-refractivity contribution is 6.30. The molecule has 0 spiro atoms. The summed E-state index contributed by atoms with van der Waals surface area (Å²) < 4.78 is 5.41. The number of hydrogen-bond acceptors (Lipinski definition) is 3. The molecule has 1 fully saturated rings. The Morgan fingerprint density at radius 1 is 1.45 bits per heavy atom. The molecule has 20 heavy (non-hydrogen) atoms. The van der Waals surface area contributed by atoms with E-state index in [1.165, 1.54) is 0 Å². The molecule has 0 bridgehead atoms. The predicted molar refractivity (Wildman–Crippen MR) is 75.4 cm³/mol. The lowest BCUT2D eigenvalue weighted by Crippen LogP contribution is -2.45. The molecule has 1 saturated heterocycles. The third-order valence-corrected chi connectivity index (χ3v) is 3.57. The molecule has 1 aliphatic rings. The van der Waals surface area contributed by atoms with Crippen LogP contribution in [0.5, 0.6) is 5.75 Å². The van der Waals surface area contributed by atoms with Gasteiger partial charge in [-0.2, -0.15) is 0 Å². The van der Waals surface area contributed by atoms with Crippen molar-refractivity contribution in [3.63, 3.8) is 0 Å². The van der Waals surface area contributed by atoms with E-state index in [0.717, 1.165) is 12.8 Å². The fourth-order valence-corrected chi connectivity index (χ4v) is 2.41. The molecule has 1 aromatic carbocycles. The van der Waals surface area contributed by atoms with Crippen molar-refractivity contribution < 1.29 is 14.3 Å². The molecule has 1 aliphatic heterocycles. The average Bonchev–Trinajstić information content (AvgIpc) is 2.45. The Labute approximate surface area is 122 Å². The van der Waals surface area contributed by atoms with Gasteiger partial charge in [0.2, 0.25) is 5.91 Å². The van der Waals surface area contributed by atoms with Crippen molar-refractivity contribution in [1.82, 2.24) is 4.90 Å². The molecule has 1 heterocycles. The topological polar surface area (TPSA) is 72.6 Å². The van der Waals surface area contributed by atoms with Crippen LogP contribution in [0.2, 0.25) is 5.02 Å². The Kier molecular flexibility index (Phi) is 4.84. The second kappa shape index (κ2) is 6.61. The zero-order valence-electron chi connectivity index (χ0n) is 11.0. The van der Waals surface area contributed by atoms with Gasteiger partial charge in [-0.15, -0.1) is 0 Å². The Balaban J connectivity index is 1.87. The van der Waals surface area contributed by atoms with E-state index in [1.54, 1.807) is 29.2 Å². The highest BCUT2D eigenvalue weighted by atomic mass is 35.5. The monoisotopic (exact) mass is 296 g/mol. The van der Waals surface area contributed by atoms with E-state index < -0.39 is 0 Å². The molecule has 5 nitrogen and oxygen atoms in total. The zero-order valence-corrected chi connectivity index (χ0v) is 11.8. The van der Waals surface area contributed by atoms with Crippen LogP contribution in [-0.2, 0) is 9.59 Å². The third-order valence-electron chi connectivity index (χ3n) is 3.33. The van der Waals surface area contributed by atoms with Crippen LogP contribution < -0.4 is 10.5 Å². The Morgan fingerprint density at radius 2 is 2.25 bits per heavy atom. The number of rotatable bonds is 4. The number of benzene rings is 1. The van der Waals surface area contributed by atoms with Gasteiger partial charge in [-0.25, -0.2) is 0 Å². The van der Waals surface area contributed by atoms with Crippen molar-refractivity contribution in [2.45, 2.75) is 12.8 Å². The van der Waals surface area contributed by atoms with E-state index in [9.17, 15) is 9.59 Å². The molecule has 0 radical (unpaired) electrons. The Morgan fingerprint density at radius 3 is 2.95 bits per heavy atom. The number of nitrogens with zero attached hydrogens (tertiary/aromatic N) is 1. The maximum Gasteiger partial charge on any atom is 0.260 e. The first-order chi connectivity index (χ1) is 9.56. The van der Waals surface area contributed by atoms with Crippen LogP contribution in [-0.4, -0.2) is 36.4 Å². The van der Waals surface area contributed by atoms with Crippen molar-refractivity contribution in [2.75, 3.05) is 19.7 Å². The highest BCUT2D eigenvalue weighted by Gasteiger charge is 2.26. The van der Waals surface area contributed by atoms with E-state index in [2.05, 4.69) is 0 Å². The quantitative estimate of drug-likeness (QED) is 0.914. The second-order valence-corrected chi connectivity index (χ2v) is 5.26. The summed E-state index contributed by atoms with van der Waals surface area (Å²) in [6, 6.07) is 6.88. The first kappa shape index (κ1) is 14.7. The molecule has 0 unspecified atom stereocenters. The smallest absolute Gasteiger partial charge is 0.260 e. The first-order valence-corrected chi connectivity index (χ1v) is 6.89. The molecule has 2 N–H and O–H groups in total. The predicted octanol–water partition coefficient (Wildman–Crippen LogP) is 1.44. The minimum atomic E-state index is -0.349. The second-order valence-electron chi connectivity index (χ2n) is 4.83. The van der Waals surface area contributed by atoms with Crippen LogP contribution in [0.15, 0.2) is 24.3 Å². The molecule has 0 saturated carbocycles. The number of piperidine rings is 1. The number of carbonyl (C=O) groups is 2. The van der Waals surface area contributed by atoms with Crippen molar-refractivity contribution in [3.05, 3.63) is 29.3 Å². The Bertz CT molecular complexity index is 507. The molecule has 2 amide bonds. The number of amides is 2. The summed E-state index contributed by atoms with van der Waals surface area (Å²) in [4.78, 5) is 24.8. The number of carbonyl (C=O) groups excluding carboxylic acids is 2. The van der Waals surface area contributed by atoms with Crippen molar-refractivity contribution >= 4 is 23.4 Å². The number of halogens is 1. The standard InChI is InChI=1S/C14H17ClN2O3/c15-11-4-1-5-12(7-11)20-9-13(18)17-6-2-3-10(8-17)14(16)19/h1,4-5,7,10H,2-3,6,8-9H2,(H2,16,19)/t10-/m1/s1. The lowest BCUT2D eigenvalue weighted by Gasteiger charge is -2.31. The summed E-state index contributed by atoms with van der Waals surface area (Å²) in [5.74, 6) is -0.192. The number of likely N-dealkylation sites (tertiary alicyclic amines) is 1. The largest absolute Gasteiger partial charge is 0.484 e. The summed E-state index contributed by atoms with van der Waals surface area (Å²) >= 11 is 5.84. The minimum absolute atomic E-state index is 0.0637. The van der Waals surface area contributed by atoms with Crippen molar-refractivity contribution in [3.8, 4) is 5.75 Å². The summed E-state index contributed by atoms with van der Waals surface area (Å²) in [5, 5.41) is 0.557.